The molecule has 0 aliphatic carbocycles. The number of nitrogens with zero attached hydrogens (tertiary/aromatic N) is 3. The highest BCUT2D eigenvalue weighted by Gasteiger charge is 2.39. The Morgan fingerprint density at radius 2 is 2.25 bits per heavy atom. The summed E-state index contributed by atoms with van der Waals surface area (Å²) < 4.78 is 13.2. The molecule has 0 spiro atoms. The predicted octanol–water partition coefficient (Wildman–Crippen LogP) is 2.72. The van der Waals surface area contributed by atoms with E-state index in [9.17, 15) is 4.79 Å². The number of ether oxygens (including phenoxy) is 2. The molecule has 0 saturated carbocycles. The van der Waals surface area contributed by atoms with Gasteiger partial charge in [0.1, 0.15) is 0 Å². The molecule has 2 aromatic heterocycles. The molecule has 0 radical (unpaired) electrons. The molecule has 3 aromatic rings. The van der Waals surface area contributed by atoms with Gasteiger partial charge >= 0.3 is 0 Å². The fraction of sp³-hybridized carbons (Fsp3) is 0.429. The highest BCUT2D eigenvalue weighted by atomic mass is 32.1. The van der Waals surface area contributed by atoms with Gasteiger partial charge in [-0.05, 0) is 19.4 Å². The molecular formula is C21H23N3O3S. The van der Waals surface area contributed by atoms with Crippen LogP contribution in [0.5, 0.6) is 11.5 Å². The predicted molar refractivity (Wildman–Crippen MR) is 109 cm³/mol. The van der Waals surface area contributed by atoms with Crippen LogP contribution in [-0.4, -0.2) is 47.6 Å². The maximum atomic E-state index is 12.8. The van der Waals surface area contributed by atoms with E-state index < -0.39 is 0 Å². The third-order valence-electron chi connectivity index (χ3n) is 6.03. The van der Waals surface area contributed by atoms with Crippen molar-refractivity contribution in [1.82, 2.24) is 14.3 Å². The third-order valence-corrected chi connectivity index (χ3v) is 6.79. The van der Waals surface area contributed by atoms with E-state index in [2.05, 4.69) is 16.0 Å². The van der Waals surface area contributed by atoms with E-state index in [0.29, 0.717) is 11.8 Å². The van der Waals surface area contributed by atoms with Gasteiger partial charge in [-0.25, -0.2) is 4.98 Å². The fourth-order valence-electron chi connectivity index (χ4n) is 4.57. The van der Waals surface area contributed by atoms with Crippen molar-refractivity contribution in [2.45, 2.75) is 19.3 Å². The Balaban J connectivity index is 1.34. The number of likely N-dealkylation sites (tertiary alicyclic amines) is 1. The molecule has 146 valence electrons. The summed E-state index contributed by atoms with van der Waals surface area (Å²) in [7, 11) is 1.69. The van der Waals surface area contributed by atoms with E-state index in [0.717, 1.165) is 60.4 Å². The van der Waals surface area contributed by atoms with Crippen LogP contribution >= 0.6 is 11.3 Å². The summed E-state index contributed by atoms with van der Waals surface area (Å²) in [5, 5.41) is 1.91. The first-order chi connectivity index (χ1) is 13.7. The minimum atomic E-state index is 0.0683. The summed E-state index contributed by atoms with van der Waals surface area (Å²) in [6.07, 6.45) is 2.53. The lowest BCUT2D eigenvalue weighted by atomic mass is 9.87. The highest BCUT2D eigenvalue weighted by molar-refractivity contribution is 7.15. The minimum Gasteiger partial charge on any atom is -0.493 e. The van der Waals surface area contributed by atoms with E-state index in [1.54, 1.807) is 11.5 Å². The van der Waals surface area contributed by atoms with Crippen LogP contribution in [0.1, 0.15) is 22.7 Å². The van der Waals surface area contributed by atoms with Crippen molar-refractivity contribution >= 4 is 16.3 Å². The summed E-state index contributed by atoms with van der Waals surface area (Å²) in [6.45, 7) is 5.51. The van der Waals surface area contributed by atoms with Gasteiger partial charge in [-0.2, -0.15) is 0 Å². The van der Waals surface area contributed by atoms with Gasteiger partial charge in [0.25, 0.3) is 5.56 Å². The number of benzene rings is 1. The van der Waals surface area contributed by atoms with Crippen LogP contribution in [0.3, 0.4) is 0 Å². The SMILES string of the molecule is COc1cccc2c1OCC1CN(CCc3c(C)nc4sccn4c3=O)CC21. The van der Waals surface area contributed by atoms with Crippen molar-refractivity contribution < 1.29 is 9.47 Å². The van der Waals surface area contributed by atoms with Crippen molar-refractivity contribution in [1.29, 1.82) is 0 Å². The monoisotopic (exact) mass is 397 g/mol. The number of aromatic nitrogens is 2. The molecule has 6 nitrogen and oxygen atoms in total. The van der Waals surface area contributed by atoms with Crippen LogP contribution in [-0.2, 0) is 6.42 Å². The Morgan fingerprint density at radius 3 is 3.11 bits per heavy atom. The van der Waals surface area contributed by atoms with Crippen LogP contribution in [0, 0.1) is 12.8 Å². The maximum Gasteiger partial charge on any atom is 0.261 e. The Labute approximate surface area is 167 Å². The normalized spacial score (nSPS) is 21.4. The molecule has 4 heterocycles. The molecule has 7 heteroatoms. The summed E-state index contributed by atoms with van der Waals surface area (Å²) >= 11 is 1.49. The molecule has 1 fully saturated rings. The van der Waals surface area contributed by atoms with Crippen LogP contribution in [0.2, 0.25) is 0 Å². The van der Waals surface area contributed by atoms with Crippen molar-refractivity contribution in [2.24, 2.45) is 5.92 Å². The van der Waals surface area contributed by atoms with Gasteiger partial charge in [-0.15, -0.1) is 11.3 Å². The second-order valence-electron chi connectivity index (χ2n) is 7.60. The Kier molecular flexibility index (Phi) is 4.36. The van der Waals surface area contributed by atoms with Crippen LogP contribution in [0.4, 0.5) is 0 Å². The van der Waals surface area contributed by atoms with Gasteiger partial charge in [0.2, 0.25) is 0 Å². The molecule has 5 rings (SSSR count). The summed E-state index contributed by atoms with van der Waals surface area (Å²) in [6, 6.07) is 6.15. The van der Waals surface area contributed by atoms with E-state index in [4.69, 9.17) is 9.47 Å². The van der Waals surface area contributed by atoms with Gasteiger partial charge in [0.05, 0.1) is 13.7 Å². The Hall–Kier alpha value is -2.38. The summed E-state index contributed by atoms with van der Waals surface area (Å²) in [4.78, 5) is 20.6. The number of hydrogen-bond acceptors (Lipinski definition) is 6. The van der Waals surface area contributed by atoms with Gasteiger partial charge in [0, 0.05) is 59.9 Å². The van der Waals surface area contributed by atoms with E-state index in [-0.39, 0.29) is 5.56 Å². The highest BCUT2D eigenvalue weighted by Crippen LogP contribution is 2.45. The van der Waals surface area contributed by atoms with Crippen LogP contribution in [0.15, 0.2) is 34.6 Å². The first-order valence-corrected chi connectivity index (χ1v) is 10.5. The van der Waals surface area contributed by atoms with Crippen LogP contribution < -0.4 is 15.0 Å². The molecule has 28 heavy (non-hydrogen) atoms. The molecule has 2 aliphatic rings. The van der Waals surface area contributed by atoms with Crippen molar-refractivity contribution in [3.8, 4) is 11.5 Å². The minimum absolute atomic E-state index is 0.0683. The number of aryl methyl sites for hydroxylation is 1. The van der Waals surface area contributed by atoms with Crippen molar-refractivity contribution in [2.75, 3.05) is 33.4 Å². The van der Waals surface area contributed by atoms with E-state index in [1.165, 1.54) is 16.9 Å². The average molecular weight is 398 g/mol. The number of thiazole rings is 1. The molecular weight excluding hydrogens is 374 g/mol. The molecule has 2 aliphatic heterocycles. The zero-order valence-corrected chi connectivity index (χ0v) is 16.9. The van der Waals surface area contributed by atoms with Gasteiger partial charge in [-0.3, -0.25) is 9.20 Å². The van der Waals surface area contributed by atoms with E-state index in [1.807, 2.05) is 30.6 Å². The number of methoxy groups -OCH3 is 1. The number of para-hydroxylation sites is 1. The lowest BCUT2D eigenvalue weighted by Crippen LogP contribution is -2.28. The lowest BCUT2D eigenvalue weighted by Gasteiger charge is -2.28. The van der Waals surface area contributed by atoms with Crippen molar-refractivity contribution in [3.05, 3.63) is 57.0 Å². The largest absolute Gasteiger partial charge is 0.493 e. The molecule has 2 unspecified atom stereocenters. The zero-order chi connectivity index (χ0) is 19.3. The average Bonchev–Trinajstić information content (AvgIpc) is 3.33. The number of hydrogen-bond donors (Lipinski definition) is 0. The van der Waals surface area contributed by atoms with Crippen LogP contribution in [0.25, 0.3) is 4.96 Å². The fourth-order valence-corrected chi connectivity index (χ4v) is 5.32. The second kappa shape index (κ2) is 6.90. The summed E-state index contributed by atoms with van der Waals surface area (Å²) in [5.41, 5.74) is 2.99. The summed E-state index contributed by atoms with van der Waals surface area (Å²) in [5.74, 6) is 2.65. The molecule has 1 saturated heterocycles. The maximum absolute atomic E-state index is 12.8. The first kappa shape index (κ1) is 17.7. The molecule has 0 N–H and O–H groups in total. The number of fused-ring (bicyclic) bond motifs is 4. The van der Waals surface area contributed by atoms with Crippen molar-refractivity contribution in [3.63, 3.8) is 0 Å². The Bertz CT molecular complexity index is 1090. The molecule has 0 bridgehead atoms. The molecule has 1 aromatic carbocycles. The second-order valence-corrected chi connectivity index (χ2v) is 8.48. The number of rotatable bonds is 4. The van der Waals surface area contributed by atoms with Gasteiger partial charge in [0.15, 0.2) is 16.5 Å². The molecule has 0 amide bonds. The smallest absolute Gasteiger partial charge is 0.261 e. The molecule has 2 atom stereocenters. The quantitative estimate of drug-likeness (QED) is 0.678. The lowest BCUT2D eigenvalue weighted by molar-refractivity contribution is 0.204. The topological polar surface area (TPSA) is 56.1 Å². The van der Waals surface area contributed by atoms with E-state index >= 15 is 0 Å². The van der Waals surface area contributed by atoms with Gasteiger partial charge < -0.3 is 14.4 Å². The first-order valence-electron chi connectivity index (χ1n) is 9.63. The Morgan fingerprint density at radius 1 is 1.36 bits per heavy atom. The van der Waals surface area contributed by atoms with Gasteiger partial charge in [-0.1, -0.05) is 12.1 Å². The zero-order valence-electron chi connectivity index (χ0n) is 16.1. The third kappa shape index (κ3) is 2.81. The standard InChI is InChI=1S/C21H23N3O3S/c1-13-15(20(25)24-8-9-28-21(24)22-13)6-7-23-10-14-12-27-19-16(17(14)11-23)4-3-5-18(19)26-2/h3-5,8-9,14,17H,6-7,10-12H2,1-2H3.